The second-order valence-corrected chi connectivity index (χ2v) is 17.5. The fourth-order valence-electron chi connectivity index (χ4n) is 7.62. The van der Waals surface area contributed by atoms with E-state index in [1.54, 1.807) is 0 Å². The molecule has 9 heteroatoms. The Morgan fingerprint density at radius 3 is 1.07 bits per heavy atom. The third kappa shape index (κ3) is 39.9. The topological polar surface area (TPSA) is 125 Å². The summed E-state index contributed by atoms with van der Waals surface area (Å²) in [6, 6.07) is 0. The highest BCUT2D eigenvalue weighted by atomic mass is 16.6. The average Bonchev–Trinajstić information content (AvgIpc) is 3.24. The molecular weight excluding hydrogens is 757 g/mol. The molecule has 0 saturated heterocycles. The summed E-state index contributed by atoms with van der Waals surface area (Å²) in [7, 11) is 0. The number of rotatable bonds is 46. The number of hydrogen-bond donors (Lipinski definition) is 1. The van der Waals surface area contributed by atoms with Crippen LogP contribution in [-0.4, -0.2) is 60.5 Å². The summed E-state index contributed by atoms with van der Waals surface area (Å²) in [5.41, 5.74) is 0. The van der Waals surface area contributed by atoms with Crippen molar-refractivity contribution in [1.29, 1.82) is 0 Å². The van der Waals surface area contributed by atoms with Crippen molar-refractivity contribution in [3.8, 4) is 0 Å². The molecule has 0 spiro atoms. The van der Waals surface area contributed by atoms with Crippen molar-refractivity contribution in [2.75, 3.05) is 13.2 Å². The molecule has 3 atom stereocenters. The molecule has 354 valence electrons. The number of aliphatic hydroxyl groups is 1. The molecule has 9 nitrogen and oxygen atoms in total. The first-order valence-electron chi connectivity index (χ1n) is 25.7. The normalized spacial score (nSPS) is 12.8. The van der Waals surface area contributed by atoms with E-state index in [0.29, 0.717) is 25.9 Å². The van der Waals surface area contributed by atoms with Crippen molar-refractivity contribution in [3.63, 3.8) is 0 Å². The highest BCUT2D eigenvalue weighted by Crippen LogP contribution is 2.20. The molecule has 0 aliphatic heterocycles. The summed E-state index contributed by atoms with van der Waals surface area (Å²) < 4.78 is 22.3. The average molecular weight is 853 g/mol. The van der Waals surface area contributed by atoms with E-state index in [4.69, 9.17) is 18.9 Å². The lowest BCUT2D eigenvalue weighted by atomic mass is 10.0. The van der Waals surface area contributed by atoms with E-state index < -0.39 is 18.0 Å². The molecule has 0 radical (unpaired) electrons. The fraction of sp³-hybridized carbons (Fsp3) is 0.922. The van der Waals surface area contributed by atoms with Crippen LogP contribution < -0.4 is 0 Å². The summed E-state index contributed by atoms with van der Waals surface area (Å²) >= 11 is 0. The van der Waals surface area contributed by atoms with Crippen molar-refractivity contribution in [2.24, 2.45) is 0 Å². The zero-order chi connectivity index (χ0) is 44.2. The standard InChI is InChI=1S/C51H96O9/c1-5-9-13-17-21-29-37-45(35-27-15-11-7-3)59-49(54)39-31-23-19-25-33-43-57-48(53)42-41-47(52)51(56)58-44-34-26-20-24-32-40-50(55)60-46(36-28-16-12-8-4)38-30-22-18-14-10-6-2/h45-47,52H,5-44H2,1-4H3. The molecule has 0 bridgehead atoms. The van der Waals surface area contributed by atoms with Crippen LogP contribution >= 0.6 is 0 Å². The number of aliphatic hydroxyl groups excluding tert-OH is 1. The zero-order valence-corrected chi connectivity index (χ0v) is 39.7. The third-order valence-electron chi connectivity index (χ3n) is 11.6. The molecule has 3 unspecified atom stereocenters. The second kappa shape index (κ2) is 44.9. The van der Waals surface area contributed by atoms with E-state index in [2.05, 4.69) is 27.7 Å². The molecule has 0 aliphatic rings. The zero-order valence-electron chi connectivity index (χ0n) is 39.7. The Morgan fingerprint density at radius 2 is 0.667 bits per heavy atom. The maximum Gasteiger partial charge on any atom is 0.334 e. The third-order valence-corrected chi connectivity index (χ3v) is 11.6. The molecule has 60 heavy (non-hydrogen) atoms. The van der Waals surface area contributed by atoms with Gasteiger partial charge in [-0.05, 0) is 83.5 Å². The summed E-state index contributed by atoms with van der Waals surface area (Å²) in [5.74, 6) is -1.29. The van der Waals surface area contributed by atoms with Crippen LogP contribution in [0, 0.1) is 0 Å². The molecule has 0 amide bonds. The minimum atomic E-state index is -1.35. The van der Waals surface area contributed by atoms with Gasteiger partial charge in [-0.25, -0.2) is 4.79 Å². The van der Waals surface area contributed by atoms with E-state index in [9.17, 15) is 24.3 Å². The molecule has 0 aromatic heterocycles. The van der Waals surface area contributed by atoms with E-state index in [1.165, 1.54) is 103 Å². The Bertz CT molecular complexity index is 986. The van der Waals surface area contributed by atoms with Gasteiger partial charge in [0.05, 0.1) is 13.2 Å². The van der Waals surface area contributed by atoms with Crippen LogP contribution in [0.2, 0.25) is 0 Å². The number of esters is 4. The lowest BCUT2D eigenvalue weighted by Gasteiger charge is -2.18. The van der Waals surface area contributed by atoms with E-state index in [0.717, 1.165) is 109 Å². The van der Waals surface area contributed by atoms with Gasteiger partial charge in [-0.1, -0.05) is 169 Å². The maximum atomic E-state index is 12.6. The largest absolute Gasteiger partial charge is 0.466 e. The molecule has 0 aromatic rings. The predicted octanol–water partition coefficient (Wildman–Crippen LogP) is 14.2. The van der Waals surface area contributed by atoms with Gasteiger partial charge in [-0.2, -0.15) is 0 Å². The number of unbranched alkanes of at least 4 members (excludes halogenated alkanes) is 24. The van der Waals surface area contributed by atoms with Crippen LogP contribution in [0.25, 0.3) is 0 Å². The van der Waals surface area contributed by atoms with Gasteiger partial charge in [-0.15, -0.1) is 0 Å². The summed E-state index contributed by atoms with van der Waals surface area (Å²) in [5, 5.41) is 10.2. The second-order valence-electron chi connectivity index (χ2n) is 17.5. The van der Waals surface area contributed by atoms with Crippen molar-refractivity contribution in [3.05, 3.63) is 0 Å². The first kappa shape index (κ1) is 57.8. The van der Waals surface area contributed by atoms with Gasteiger partial charge in [0.1, 0.15) is 12.2 Å². The maximum absolute atomic E-state index is 12.6. The van der Waals surface area contributed by atoms with E-state index in [1.807, 2.05) is 0 Å². The lowest BCUT2D eigenvalue weighted by Crippen LogP contribution is -2.24. The first-order chi connectivity index (χ1) is 29.3. The molecule has 0 rings (SSSR count). The Morgan fingerprint density at radius 1 is 0.350 bits per heavy atom. The number of carbonyl (C=O) groups excluding carboxylic acids is 4. The van der Waals surface area contributed by atoms with Gasteiger partial charge in [0.25, 0.3) is 0 Å². The van der Waals surface area contributed by atoms with Crippen molar-refractivity contribution in [2.45, 2.75) is 290 Å². The summed E-state index contributed by atoms with van der Waals surface area (Å²) in [6.45, 7) is 9.42. The van der Waals surface area contributed by atoms with Gasteiger partial charge in [0, 0.05) is 19.3 Å². The molecule has 0 heterocycles. The molecule has 1 N–H and O–H groups in total. The van der Waals surface area contributed by atoms with E-state index in [-0.39, 0.29) is 43.6 Å². The van der Waals surface area contributed by atoms with Gasteiger partial charge in [-0.3, -0.25) is 14.4 Å². The number of ether oxygens (including phenoxy) is 4. The van der Waals surface area contributed by atoms with E-state index >= 15 is 0 Å². The number of carbonyl (C=O) groups is 4. The summed E-state index contributed by atoms with van der Waals surface area (Å²) in [4.78, 5) is 49.5. The molecule has 0 fully saturated rings. The van der Waals surface area contributed by atoms with Crippen LogP contribution in [-0.2, 0) is 38.1 Å². The molecule has 0 aliphatic carbocycles. The summed E-state index contributed by atoms with van der Waals surface area (Å²) in [6.07, 6.45) is 36.6. The van der Waals surface area contributed by atoms with Crippen LogP contribution in [0.1, 0.15) is 272 Å². The van der Waals surface area contributed by atoms with Crippen molar-refractivity contribution in [1.82, 2.24) is 0 Å². The Labute approximate surface area is 369 Å². The number of hydrogen-bond acceptors (Lipinski definition) is 9. The SMILES string of the molecule is CCCCCCCCC(CCCCCC)OC(=O)CCCCCCCOC(=O)CCC(O)C(=O)OCCCCCCCC(=O)OC(CCCCCC)CCCCCCCC. The fourth-order valence-corrected chi connectivity index (χ4v) is 7.62. The molecule has 0 saturated carbocycles. The van der Waals surface area contributed by atoms with Crippen molar-refractivity contribution >= 4 is 23.9 Å². The van der Waals surface area contributed by atoms with Crippen LogP contribution in [0.3, 0.4) is 0 Å². The van der Waals surface area contributed by atoms with Crippen LogP contribution in [0.4, 0.5) is 0 Å². The van der Waals surface area contributed by atoms with Crippen LogP contribution in [0.15, 0.2) is 0 Å². The van der Waals surface area contributed by atoms with Gasteiger partial charge in [0.2, 0.25) is 0 Å². The Kier molecular flexibility index (Phi) is 43.3. The lowest BCUT2D eigenvalue weighted by molar-refractivity contribution is -0.155. The first-order valence-corrected chi connectivity index (χ1v) is 25.7. The Hall–Kier alpha value is -2.16. The van der Waals surface area contributed by atoms with Crippen molar-refractivity contribution < 1.29 is 43.2 Å². The van der Waals surface area contributed by atoms with Gasteiger partial charge < -0.3 is 24.1 Å². The van der Waals surface area contributed by atoms with Crippen LogP contribution in [0.5, 0.6) is 0 Å². The minimum Gasteiger partial charge on any atom is -0.466 e. The quantitative estimate of drug-likeness (QED) is 0.0362. The minimum absolute atomic E-state index is 0.0268. The molecule has 0 aromatic carbocycles. The smallest absolute Gasteiger partial charge is 0.334 e. The monoisotopic (exact) mass is 853 g/mol. The molecular formula is C51H96O9. The highest BCUT2D eigenvalue weighted by molar-refractivity contribution is 5.76. The Balaban J connectivity index is 3.97. The predicted molar refractivity (Wildman–Crippen MR) is 246 cm³/mol. The van der Waals surface area contributed by atoms with Gasteiger partial charge in [0.15, 0.2) is 6.10 Å². The highest BCUT2D eigenvalue weighted by Gasteiger charge is 2.19. The van der Waals surface area contributed by atoms with Gasteiger partial charge >= 0.3 is 23.9 Å².